The summed E-state index contributed by atoms with van der Waals surface area (Å²) in [6, 6.07) is 16.0. The van der Waals surface area contributed by atoms with Crippen LogP contribution in [-0.4, -0.2) is 47.8 Å². The summed E-state index contributed by atoms with van der Waals surface area (Å²) < 4.78 is 0. The highest BCUT2D eigenvalue weighted by atomic mass is 32.2. The van der Waals surface area contributed by atoms with Gasteiger partial charge in [0.05, 0.1) is 0 Å². The molecule has 0 bridgehead atoms. The highest BCUT2D eigenvalue weighted by Gasteiger charge is 2.32. The van der Waals surface area contributed by atoms with Gasteiger partial charge in [-0.1, -0.05) is 37.7 Å². The Labute approximate surface area is 181 Å². The smallest absolute Gasteiger partial charge is 0.326 e. The topological polar surface area (TPSA) is 69.7 Å². The van der Waals surface area contributed by atoms with Crippen molar-refractivity contribution in [3.63, 3.8) is 0 Å². The lowest BCUT2D eigenvalue weighted by Gasteiger charge is -2.13. The molecule has 158 valence electrons. The van der Waals surface area contributed by atoms with Crippen molar-refractivity contribution in [3.8, 4) is 0 Å². The number of nitrogens with one attached hydrogen (secondary N) is 1. The van der Waals surface area contributed by atoms with Crippen molar-refractivity contribution in [1.82, 2.24) is 9.80 Å². The van der Waals surface area contributed by atoms with Crippen LogP contribution in [0.4, 0.5) is 10.5 Å². The molecule has 1 aliphatic rings. The molecule has 0 atom stereocenters. The summed E-state index contributed by atoms with van der Waals surface area (Å²) in [6.45, 7) is 4.73. The lowest BCUT2D eigenvalue weighted by atomic mass is 10.0. The summed E-state index contributed by atoms with van der Waals surface area (Å²) in [5.41, 5.74) is 2.05. The highest BCUT2D eigenvalue weighted by molar-refractivity contribution is 7.99. The molecule has 1 aliphatic heterocycles. The van der Waals surface area contributed by atoms with Gasteiger partial charge in [0.1, 0.15) is 6.54 Å². The van der Waals surface area contributed by atoms with Gasteiger partial charge >= 0.3 is 6.03 Å². The van der Waals surface area contributed by atoms with Crippen LogP contribution in [0.1, 0.15) is 38.2 Å². The summed E-state index contributed by atoms with van der Waals surface area (Å²) in [4.78, 5) is 40.6. The zero-order valence-corrected chi connectivity index (χ0v) is 18.4. The van der Waals surface area contributed by atoms with Crippen LogP contribution in [0.3, 0.4) is 0 Å². The second kappa shape index (κ2) is 9.80. The highest BCUT2D eigenvalue weighted by Crippen LogP contribution is 2.29. The normalized spacial score (nSPS) is 14.0. The first-order chi connectivity index (χ1) is 14.3. The van der Waals surface area contributed by atoms with Crippen LogP contribution < -0.4 is 5.32 Å². The molecule has 30 heavy (non-hydrogen) atoms. The van der Waals surface area contributed by atoms with E-state index in [4.69, 9.17) is 0 Å². The number of nitrogens with zero attached hydrogens (tertiary/aromatic N) is 2. The maximum Gasteiger partial charge on any atom is 0.326 e. The number of carbonyl (C=O) groups excluding carboxylic acids is 3. The molecule has 7 heteroatoms. The summed E-state index contributed by atoms with van der Waals surface area (Å²) in [5, 5.41) is 2.86. The number of urea groups is 1. The van der Waals surface area contributed by atoms with Crippen molar-refractivity contribution < 1.29 is 14.4 Å². The average Bonchev–Trinajstić information content (AvgIpc) is 2.96. The van der Waals surface area contributed by atoms with Gasteiger partial charge in [0.15, 0.2) is 0 Å². The minimum Gasteiger partial charge on any atom is -0.326 e. The van der Waals surface area contributed by atoms with Crippen molar-refractivity contribution in [2.45, 2.75) is 42.4 Å². The van der Waals surface area contributed by atoms with E-state index in [1.165, 1.54) is 20.3 Å². The van der Waals surface area contributed by atoms with Crippen molar-refractivity contribution in [2.75, 3.05) is 25.5 Å². The van der Waals surface area contributed by atoms with Gasteiger partial charge in [-0.25, -0.2) is 4.79 Å². The van der Waals surface area contributed by atoms with Crippen molar-refractivity contribution in [3.05, 3.63) is 54.1 Å². The fraction of sp³-hybridized carbons (Fsp3) is 0.348. The number of anilines is 1. The van der Waals surface area contributed by atoms with E-state index < -0.39 is 0 Å². The molecule has 0 aliphatic carbocycles. The molecule has 2 aromatic rings. The summed E-state index contributed by atoms with van der Waals surface area (Å²) in [5.74, 6) is 0.173. The molecule has 0 radical (unpaired) electrons. The monoisotopic (exact) mass is 425 g/mol. The van der Waals surface area contributed by atoms with Crippen LogP contribution in [0, 0.1) is 0 Å². The Balaban J connectivity index is 1.45. The van der Waals surface area contributed by atoms with Gasteiger partial charge in [-0.2, -0.15) is 0 Å². The fourth-order valence-corrected chi connectivity index (χ4v) is 3.99. The number of hydrogen-bond donors (Lipinski definition) is 1. The Hall–Kier alpha value is -2.80. The van der Waals surface area contributed by atoms with E-state index in [1.54, 1.807) is 18.8 Å². The van der Waals surface area contributed by atoms with Crippen molar-refractivity contribution in [1.29, 1.82) is 0 Å². The molecule has 1 saturated heterocycles. The molecule has 0 aromatic heterocycles. The number of hydrogen-bond acceptors (Lipinski definition) is 4. The van der Waals surface area contributed by atoms with Gasteiger partial charge < -0.3 is 10.2 Å². The quantitative estimate of drug-likeness (QED) is 0.629. The second-order valence-corrected chi connectivity index (χ2v) is 8.83. The fourth-order valence-electron chi connectivity index (χ4n) is 3.17. The number of carbonyl (C=O) groups is 3. The zero-order valence-electron chi connectivity index (χ0n) is 17.6. The van der Waals surface area contributed by atoms with E-state index >= 15 is 0 Å². The third kappa shape index (κ3) is 5.63. The molecule has 6 nitrogen and oxygen atoms in total. The van der Waals surface area contributed by atoms with Gasteiger partial charge in [-0.15, -0.1) is 0 Å². The number of amides is 4. The first-order valence-electron chi connectivity index (χ1n) is 10.1. The SMILES string of the molecule is CC(C)c1ccc(Sc2ccc(NC(=O)CCCN3C(=O)CN(C)C3=O)cc2)cc1. The minimum absolute atomic E-state index is 0.108. The second-order valence-electron chi connectivity index (χ2n) is 7.69. The largest absolute Gasteiger partial charge is 0.326 e. The summed E-state index contributed by atoms with van der Waals surface area (Å²) in [6.07, 6.45) is 0.691. The van der Waals surface area contributed by atoms with E-state index in [0.29, 0.717) is 12.3 Å². The zero-order chi connectivity index (χ0) is 21.7. The Morgan fingerprint density at radius 1 is 1.03 bits per heavy atom. The van der Waals surface area contributed by atoms with Crippen molar-refractivity contribution >= 4 is 35.3 Å². The van der Waals surface area contributed by atoms with Gasteiger partial charge in [-0.3, -0.25) is 14.5 Å². The third-order valence-electron chi connectivity index (χ3n) is 4.94. The number of rotatable bonds is 8. The van der Waals surface area contributed by atoms with E-state index in [2.05, 4.69) is 43.4 Å². The molecule has 1 fully saturated rings. The van der Waals surface area contributed by atoms with Gasteiger partial charge in [0, 0.05) is 35.5 Å². The Morgan fingerprint density at radius 3 is 2.17 bits per heavy atom. The van der Waals surface area contributed by atoms with Crippen LogP contribution in [0.2, 0.25) is 0 Å². The summed E-state index contributed by atoms with van der Waals surface area (Å²) in [7, 11) is 1.59. The first-order valence-corrected chi connectivity index (χ1v) is 10.9. The number of benzene rings is 2. The molecule has 1 N–H and O–H groups in total. The number of imide groups is 1. The van der Waals surface area contributed by atoms with E-state index in [9.17, 15) is 14.4 Å². The maximum atomic E-state index is 12.2. The van der Waals surface area contributed by atoms with Gasteiger partial charge in [0.25, 0.3) is 0 Å². The Morgan fingerprint density at radius 2 is 1.63 bits per heavy atom. The van der Waals surface area contributed by atoms with Crippen LogP contribution >= 0.6 is 11.8 Å². The number of likely N-dealkylation sites (N-methyl/N-ethyl adjacent to an activating group) is 1. The molecule has 0 saturated carbocycles. The summed E-state index contributed by atoms with van der Waals surface area (Å²) >= 11 is 1.68. The predicted octanol–water partition coefficient (Wildman–Crippen LogP) is 4.57. The maximum absolute atomic E-state index is 12.2. The Bertz CT molecular complexity index is 910. The molecule has 3 rings (SSSR count). The van der Waals surface area contributed by atoms with Crippen LogP contribution in [-0.2, 0) is 9.59 Å². The molecular weight excluding hydrogens is 398 g/mol. The third-order valence-corrected chi connectivity index (χ3v) is 5.95. The van der Waals surface area contributed by atoms with E-state index in [1.807, 2.05) is 24.3 Å². The molecular formula is C23H27N3O3S. The standard InChI is InChI=1S/C23H27N3O3S/c1-16(2)17-6-10-19(11-7-17)30-20-12-8-18(9-13-20)24-21(27)5-4-14-26-22(28)15-25(3)23(26)29/h6-13,16H,4-5,14-15H2,1-3H3,(H,24,27). The average molecular weight is 426 g/mol. The molecule has 1 heterocycles. The lowest BCUT2D eigenvalue weighted by Crippen LogP contribution is -2.32. The lowest BCUT2D eigenvalue weighted by molar-refractivity contribution is -0.125. The van der Waals surface area contributed by atoms with Gasteiger partial charge in [0.2, 0.25) is 11.8 Å². The molecule has 0 unspecified atom stereocenters. The van der Waals surface area contributed by atoms with Crippen LogP contribution in [0.5, 0.6) is 0 Å². The predicted molar refractivity (Wildman–Crippen MR) is 119 cm³/mol. The molecule has 2 aromatic carbocycles. The van der Waals surface area contributed by atoms with E-state index in [-0.39, 0.29) is 37.4 Å². The van der Waals surface area contributed by atoms with Crippen LogP contribution in [0.25, 0.3) is 0 Å². The van der Waals surface area contributed by atoms with Crippen LogP contribution in [0.15, 0.2) is 58.3 Å². The van der Waals surface area contributed by atoms with E-state index in [0.717, 1.165) is 10.6 Å². The van der Waals surface area contributed by atoms with Gasteiger partial charge in [-0.05, 0) is 54.3 Å². The Kier molecular flexibility index (Phi) is 7.15. The minimum atomic E-state index is -0.299. The first kappa shape index (κ1) is 21.9. The molecule has 0 spiro atoms. The molecule has 4 amide bonds. The van der Waals surface area contributed by atoms with Crippen molar-refractivity contribution in [2.24, 2.45) is 0 Å².